The van der Waals surface area contributed by atoms with Crippen LogP contribution in [0.1, 0.15) is 28.8 Å². The molecule has 1 aromatic carbocycles. The molecule has 1 atom stereocenters. The summed E-state index contributed by atoms with van der Waals surface area (Å²) in [5, 5.41) is 19.3. The van der Waals surface area contributed by atoms with Crippen LogP contribution in [0.15, 0.2) is 30.5 Å². The second-order valence-corrected chi connectivity index (χ2v) is 5.59. The second-order valence-electron chi connectivity index (χ2n) is 5.59. The lowest BCUT2D eigenvalue weighted by atomic mass is 10.1. The van der Waals surface area contributed by atoms with Gasteiger partial charge >= 0.3 is 5.97 Å². The number of benzene rings is 1. The minimum absolute atomic E-state index is 0.0786. The molecule has 3 rings (SSSR count). The number of aromatic nitrogens is 2. The lowest BCUT2D eigenvalue weighted by molar-refractivity contribution is -0.117. The Labute approximate surface area is 133 Å². The summed E-state index contributed by atoms with van der Waals surface area (Å²) in [6.45, 7) is 2.60. The van der Waals surface area contributed by atoms with E-state index in [1.165, 1.54) is 0 Å². The van der Waals surface area contributed by atoms with Crippen LogP contribution >= 0.6 is 0 Å². The molecule has 3 N–H and O–H groups in total. The minimum atomic E-state index is -0.952. The zero-order valence-corrected chi connectivity index (χ0v) is 12.7. The van der Waals surface area contributed by atoms with E-state index in [0.717, 1.165) is 25.1 Å². The maximum absolute atomic E-state index is 12.0. The van der Waals surface area contributed by atoms with Crippen molar-refractivity contribution < 1.29 is 14.7 Å². The van der Waals surface area contributed by atoms with Crippen molar-refractivity contribution in [1.29, 1.82) is 0 Å². The van der Waals surface area contributed by atoms with Gasteiger partial charge in [0.2, 0.25) is 5.91 Å². The summed E-state index contributed by atoms with van der Waals surface area (Å²) in [6, 6.07) is 6.55. The fourth-order valence-electron chi connectivity index (χ4n) is 2.69. The van der Waals surface area contributed by atoms with E-state index < -0.39 is 5.97 Å². The molecule has 7 nitrogen and oxygen atoms in total. The summed E-state index contributed by atoms with van der Waals surface area (Å²) >= 11 is 0. The van der Waals surface area contributed by atoms with Gasteiger partial charge in [-0.3, -0.25) is 4.79 Å². The van der Waals surface area contributed by atoms with Gasteiger partial charge in [-0.25, -0.2) is 9.48 Å². The molecule has 0 spiro atoms. The van der Waals surface area contributed by atoms with Crippen molar-refractivity contribution in [3.63, 3.8) is 0 Å². The third-order valence-corrected chi connectivity index (χ3v) is 3.92. The first kappa shape index (κ1) is 15.2. The standard InChI is InChI=1S/C16H18N4O3/c1-10-9-11(4-5-12(10)16(22)23)20-8-6-14(19-20)18-15(21)13-3-2-7-17-13/h4-6,8-9,13,17H,2-3,7H2,1H3,(H,22,23)(H,18,19,21)/t13-/m1/s1. The summed E-state index contributed by atoms with van der Waals surface area (Å²) in [5.41, 5.74) is 1.67. The fraction of sp³-hybridized carbons (Fsp3) is 0.312. The fourth-order valence-corrected chi connectivity index (χ4v) is 2.69. The minimum Gasteiger partial charge on any atom is -0.478 e. The van der Waals surface area contributed by atoms with Crippen LogP contribution in [0.5, 0.6) is 0 Å². The van der Waals surface area contributed by atoms with E-state index in [4.69, 9.17) is 5.11 Å². The van der Waals surface area contributed by atoms with Crippen molar-refractivity contribution in [1.82, 2.24) is 15.1 Å². The molecule has 7 heteroatoms. The Kier molecular flexibility index (Phi) is 4.12. The van der Waals surface area contributed by atoms with Gasteiger partial charge < -0.3 is 15.7 Å². The van der Waals surface area contributed by atoms with Gasteiger partial charge in [0.15, 0.2) is 5.82 Å². The maximum Gasteiger partial charge on any atom is 0.335 e. The van der Waals surface area contributed by atoms with Crippen molar-refractivity contribution in [2.75, 3.05) is 11.9 Å². The van der Waals surface area contributed by atoms with Crippen LogP contribution in [0.4, 0.5) is 5.82 Å². The van der Waals surface area contributed by atoms with Crippen molar-refractivity contribution in [2.45, 2.75) is 25.8 Å². The molecule has 0 unspecified atom stereocenters. The van der Waals surface area contributed by atoms with Gasteiger partial charge in [0.05, 0.1) is 17.3 Å². The molecular formula is C16H18N4O3. The largest absolute Gasteiger partial charge is 0.478 e. The molecule has 1 aliphatic heterocycles. The molecule has 0 radical (unpaired) electrons. The lowest BCUT2D eigenvalue weighted by Crippen LogP contribution is -2.35. The van der Waals surface area contributed by atoms with Gasteiger partial charge in [-0.15, -0.1) is 0 Å². The molecule has 120 valence electrons. The average Bonchev–Trinajstić information content (AvgIpc) is 3.18. The number of anilines is 1. The SMILES string of the molecule is Cc1cc(-n2ccc(NC(=O)[C@H]3CCCN3)n2)ccc1C(=O)O. The zero-order valence-electron chi connectivity index (χ0n) is 12.7. The molecule has 1 aliphatic rings. The Morgan fingerprint density at radius 3 is 2.87 bits per heavy atom. The number of hydrogen-bond donors (Lipinski definition) is 3. The van der Waals surface area contributed by atoms with Gasteiger partial charge in [-0.05, 0) is 50.1 Å². The highest BCUT2D eigenvalue weighted by Gasteiger charge is 2.22. The topological polar surface area (TPSA) is 96.3 Å². The molecular weight excluding hydrogens is 296 g/mol. The first-order chi connectivity index (χ1) is 11.0. The van der Waals surface area contributed by atoms with Crippen LogP contribution in [-0.2, 0) is 4.79 Å². The lowest BCUT2D eigenvalue weighted by Gasteiger charge is -2.09. The van der Waals surface area contributed by atoms with E-state index in [-0.39, 0.29) is 17.5 Å². The van der Waals surface area contributed by atoms with Crippen LogP contribution in [0.25, 0.3) is 5.69 Å². The number of hydrogen-bond acceptors (Lipinski definition) is 4. The average molecular weight is 314 g/mol. The van der Waals surface area contributed by atoms with E-state index in [1.807, 2.05) is 0 Å². The summed E-state index contributed by atoms with van der Waals surface area (Å²) in [5.74, 6) is -0.555. The monoisotopic (exact) mass is 314 g/mol. The van der Waals surface area contributed by atoms with Crippen molar-refractivity contribution >= 4 is 17.7 Å². The summed E-state index contributed by atoms with van der Waals surface area (Å²) < 4.78 is 1.61. The Bertz CT molecular complexity index is 748. The highest BCUT2D eigenvalue weighted by Crippen LogP contribution is 2.16. The Morgan fingerprint density at radius 1 is 1.39 bits per heavy atom. The molecule has 2 aromatic rings. The Hall–Kier alpha value is -2.67. The highest BCUT2D eigenvalue weighted by atomic mass is 16.4. The zero-order chi connectivity index (χ0) is 16.4. The van der Waals surface area contributed by atoms with Gasteiger partial charge in [0.1, 0.15) is 0 Å². The molecule has 1 amide bonds. The number of rotatable bonds is 4. The summed E-state index contributed by atoms with van der Waals surface area (Å²) in [4.78, 5) is 23.1. The van der Waals surface area contributed by atoms with Gasteiger partial charge in [-0.1, -0.05) is 0 Å². The smallest absolute Gasteiger partial charge is 0.335 e. The summed E-state index contributed by atoms with van der Waals surface area (Å²) in [6.07, 6.45) is 3.57. The van der Waals surface area contributed by atoms with E-state index in [9.17, 15) is 9.59 Å². The first-order valence-electron chi connectivity index (χ1n) is 7.49. The number of carbonyl (C=O) groups is 2. The molecule has 0 saturated carbocycles. The molecule has 1 aromatic heterocycles. The van der Waals surface area contributed by atoms with Crippen LogP contribution < -0.4 is 10.6 Å². The van der Waals surface area contributed by atoms with E-state index >= 15 is 0 Å². The van der Waals surface area contributed by atoms with Crippen LogP contribution in [0.2, 0.25) is 0 Å². The Balaban J connectivity index is 1.75. The number of nitrogens with one attached hydrogen (secondary N) is 2. The number of carbonyl (C=O) groups excluding carboxylic acids is 1. The van der Waals surface area contributed by atoms with Crippen LogP contribution in [0.3, 0.4) is 0 Å². The first-order valence-corrected chi connectivity index (χ1v) is 7.49. The molecule has 23 heavy (non-hydrogen) atoms. The third kappa shape index (κ3) is 3.24. The van der Waals surface area contributed by atoms with Gasteiger partial charge in [0.25, 0.3) is 0 Å². The van der Waals surface area contributed by atoms with Crippen LogP contribution in [-0.4, -0.2) is 39.4 Å². The second kappa shape index (κ2) is 6.21. The predicted molar refractivity (Wildman–Crippen MR) is 84.9 cm³/mol. The molecule has 1 fully saturated rings. The normalized spacial score (nSPS) is 17.2. The van der Waals surface area contributed by atoms with E-state index in [0.29, 0.717) is 11.4 Å². The van der Waals surface area contributed by atoms with Crippen molar-refractivity contribution in [3.8, 4) is 5.69 Å². The van der Waals surface area contributed by atoms with Gasteiger partial charge in [0, 0.05) is 12.3 Å². The Morgan fingerprint density at radius 2 is 2.22 bits per heavy atom. The number of carboxylic acids is 1. The predicted octanol–water partition coefficient (Wildman–Crippen LogP) is 1.57. The van der Waals surface area contributed by atoms with Crippen molar-refractivity contribution in [2.24, 2.45) is 0 Å². The molecule has 1 saturated heterocycles. The third-order valence-electron chi connectivity index (χ3n) is 3.92. The molecule has 0 bridgehead atoms. The number of aromatic carboxylic acids is 1. The number of amides is 1. The number of carboxylic acid groups (broad SMARTS) is 1. The molecule has 2 heterocycles. The van der Waals surface area contributed by atoms with Crippen LogP contribution in [0, 0.1) is 6.92 Å². The van der Waals surface area contributed by atoms with E-state index in [1.54, 1.807) is 42.1 Å². The number of nitrogens with zero attached hydrogens (tertiary/aromatic N) is 2. The highest BCUT2D eigenvalue weighted by molar-refractivity contribution is 5.94. The maximum atomic E-state index is 12.0. The van der Waals surface area contributed by atoms with E-state index in [2.05, 4.69) is 15.7 Å². The van der Waals surface area contributed by atoms with Gasteiger partial charge in [-0.2, -0.15) is 5.10 Å². The molecule has 0 aliphatic carbocycles. The quantitative estimate of drug-likeness (QED) is 0.796. The summed E-state index contributed by atoms with van der Waals surface area (Å²) in [7, 11) is 0. The van der Waals surface area contributed by atoms with Crippen molar-refractivity contribution in [3.05, 3.63) is 41.6 Å². The number of aryl methyl sites for hydroxylation is 1.